The van der Waals surface area contributed by atoms with Crippen molar-refractivity contribution in [1.29, 1.82) is 10.5 Å². The van der Waals surface area contributed by atoms with Gasteiger partial charge in [0.1, 0.15) is 30.5 Å². The lowest BCUT2D eigenvalue weighted by molar-refractivity contribution is -0.127. The first-order valence-corrected chi connectivity index (χ1v) is 12.0. The molecule has 3 aliphatic rings. The number of fused-ring (bicyclic) bond motifs is 2. The van der Waals surface area contributed by atoms with Gasteiger partial charge in [0.25, 0.3) is 0 Å². The lowest BCUT2D eigenvalue weighted by Gasteiger charge is -2.44. The second-order valence-electron chi connectivity index (χ2n) is 9.60. The standard InChI is InChI=1S/C20H24N6.C6H9FN2O/c1-4-15(11-21)10-16(22-3)26-12-20(7-5-8-20)17-18(23-13-24-19(17)26)25-9-6-14(25)2;1-6(3-7,4-8)5(10)9-2/h4,10,13-14H,1,5-9,12H2,2-3H3;3H2,1-2H3,(H,9,10)/b15-10+,22-16?;. The molecule has 0 aromatic carbocycles. The van der Waals surface area contributed by atoms with E-state index in [1.165, 1.54) is 32.4 Å². The van der Waals surface area contributed by atoms with Crippen LogP contribution >= 0.6 is 0 Å². The van der Waals surface area contributed by atoms with Crippen LogP contribution in [0.1, 0.15) is 45.1 Å². The molecular weight excluding hydrogens is 459 g/mol. The summed E-state index contributed by atoms with van der Waals surface area (Å²) in [6, 6.07) is 4.29. The fourth-order valence-electron chi connectivity index (χ4n) is 4.71. The van der Waals surface area contributed by atoms with Gasteiger partial charge in [-0.15, -0.1) is 0 Å². The SMILES string of the molecule is C=C/C(C#N)=C\C(=NC)N1CC2(CCC2)c2c1ncnc2N1CCC1C.CNC(=O)C(C)(C#N)CF. The van der Waals surface area contributed by atoms with Crippen molar-refractivity contribution in [3.8, 4) is 12.1 Å². The number of hydrogen-bond acceptors (Lipinski definition) is 7. The van der Waals surface area contributed by atoms with Crippen molar-refractivity contribution in [2.45, 2.75) is 51.0 Å². The van der Waals surface area contributed by atoms with Crippen molar-refractivity contribution >= 4 is 23.4 Å². The third-order valence-electron chi connectivity index (χ3n) is 7.34. The molecule has 1 aromatic heterocycles. The summed E-state index contributed by atoms with van der Waals surface area (Å²) < 4.78 is 12.0. The molecule has 1 aromatic rings. The number of halogens is 1. The van der Waals surface area contributed by atoms with Crippen LogP contribution in [0.15, 0.2) is 35.6 Å². The highest BCUT2D eigenvalue weighted by molar-refractivity contribution is 6.08. The summed E-state index contributed by atoms with van der Waals surface area (Å²) in [6.45, 7) is 8.18. The van der Waals surface area contributed by atoms with Crippen LogP contribution in [-0.4, -0.2) is 61.6 Å². The van der Waals surface area contributed by atoms with Crippen molar-refractivity contribution in [2.24, 2.45) is 10.4 Å². The number of alkyl halides is 1. The third-order valence-corrected chi connectivity index (χ3v) is 7.34. The molecule has 36 heavy (non-hydrogen) atoms. The number of rotatable bonds is 5. The lowest BCUT2D eigenvalue weighted by atomic mass is 9.66. The van der Waals surface area contributed by atoms with E-state index in [1.54, 1.807) is 31.6 Å². The summed E-state index contributed by atoms with van der Waals surface area (Å²) in [4.78, 5) is 29.0. The Morgan fingerprint density at radius 3 is 2.50 bits per heavy atom. The van der Waals surface area contributed by atoms with E-state index in [1.807, 2.05) is 0 Å². The number of anilines is 2. The van der Waals surface area contributed by atoms with E-state index < -0.39 is 18.0 Å². The third kappa shape index (κ3) is 4.68. The molecule has 1 aliphatic carbocycles. The fourth-order valence-corrected chi connectivity index (χ4v) is 4.71. The van der Waals surface area contributed by atoms with Crippen molar-refractivity contribution in [3.05, 3.63) is 36.2 Å². The molecule has 0 bridgehead atoms. The van der Waals surface area contributed by atoms with Gasteiger partial charge in [-0.05, 0) is 39.2 Å². The molecule has 2 atom stereocenters. The molecule has 2 fully saturated rings. The predicted octanol–water partition coefficient (Wildman–Crippen LogP) is 3.21. The molecule has 1 saturated heterocycles. The number of aliphatic imine (C=N–C) groups is 1. The fraction of sp³-hybridized carbons (Fsp3) is 0.538. The van der Waals surface area contributed by atoms with Crippen molar-refractivity contribution in [3.63, 3.8) is 0 Å². The zero-order valence-electron chi connectivity index (χ0n) is 21.4. The Morgan fingerprint density at radius 2 is 2.11 bits per heavy atom. The molecule has 190 valence electrons. The van der Waals surface area contributed by atoms with Gasteiger partial charge < -0.3 is 15.1 Å². The Bertz CT molecular complexity index is 1160. The highest BCUT2D eigenvalue weighted by atomic mass is 19.1. The van der Waals surface area contributed by atoms with Crippen LogP contribution in [0.5, 0.6) is 0 Å². The van der Waals surface area contributed by atoms with Crippen LogP contribution in [0, 0.1) is 28.1 Å². The Morgan fingerprint density at radius 1 is 1.42 bits per heavy atom. The van der Waals surface area contributed by atoms with Gasteiger partial charge in [-0.25, -0.2) is 14.4 Å². The van der Waals surface area contributed by atoms with E-state index in [0.29, 0.717) is 11.6 Å². The van der Waals surface area contributed by atoms with Crippen LogP contribution in [0.4, 0.5) is 16.0 Å². The number of nitrogens with zero attached hydrogens (tertiary/aromatic N) is 7. The van der Waals surface area contributed by atoms with E-state index in [-0.39, 0.29) is 5.41 Å². The summed E-state index contributed by atoms with van der Waals surface area (Å²) in [6.07, 6.45) is 9.79. The molecule has 3 heterocycles. The quantitative estimate of drug-likeness (QED) is 0.290. The summed E-state index contributed by atoms with van der Waals surface area (Å²) in [5, 5.41) is 19.8. The molecular formula is C26H33FN8O. The van der Waals surface area contributed by atoms with Crippen molar-refractivity contribution in [2.75, 3.05) is 43.7 Å². The van der Waals surface area contributed by atoms with Crippen LogP contribution in [-0.2, 0) is 10.2 Å². The first kappa shape index (κ1) is 26.8. The lowest BCUT2D eigenvalue weighted by Crippen LogP contribution is -2.48. The minimum Gasteiger partial charge on any atom is -0.358 e. The van der Waals surface area contributed by atoms with Gasteiger partial charge >= 0.3 is 0 Å². The highest BCUT2D eigenvalue weighted by Crippen LogP contribution is 2.55. The van der Waals surface area contributed by atoms with Crippen LogP contribution in [0.25, 0.3) is 0 Å². The summed E-state index contributed by atoms with van der Waals surface area (Å²) in [5.74, 6) is 2.22. The second-order valence-corrected chi connectivity index (χ2v) is 9.60. The second kappa shape index (κ2) is 10.9. The van der Waals surface area contributed by atoms with Gasteiger partial charge in [0.15, 0.2) is 5.41 Å². The molecule has 2 unspecified atom stereocenters. The zero-order valence-corrected chi connectivity index (χ0v) is 21.4. The van der Waals surface area contributed by atoms with Gasteiger partial charge in [0, 0.05) is 44.2 Å². The van der Waals surface area contributed by atoms with E-state index >= 15 is 0 Å². The maximum absolute atomic E-state index is 12.0. The van der Waals surface area contributed by atoms with Gasteiger partial charge in [0.2, 0.25) is 5.91 Å². The van der Waals surface area contributed by atoms with E-state index in [9.17, 15) is 14.4 Å². The van der Waals surface area contributed by atoms with Gasteiger partial charge in [-0.1, -0.05) is 19.1 Å². The summed E-state index contributed by atoms with van der Waals surface area (Å²) in [7, 11) is 3.13. The normalized spacial score (nSPS) is 21.5. The molecule has 9 nitrogen and oxygen atoms in total. The van der Waals surface area contributed by atoms with E-state index in [2.05, 4.69) is 49.6 Å². The number of carbonyl (C=O) groups excluding carboxylic acids is 1. The molecule has 1 N–H and O–H groups in total. The number of amides is 1. The number of nitriles is 2. The molecule has 1 saturated carbocycles. The summed E-state index contributed by atoms with van der Waals surface area (Å²) >= 11 is 0. The van der Waals surface area contributed by atoms with Gasteiger partial charge in [-0.3, -0.25) is 9.79 Å². The molecule has 0 radical (unpaired) electrons. The first-order chi connectivity index (χ1) is 17.2. The van der Waals surface area contributed by atoms with E-state index in [4.69, 9.17) is 5.26 Å². The average molecular weight is 493 g/mol. The topological polar surface area (TPSA) is 121 Å². The predicted molar refractivity (Wildman–Crippen MR) is 137 cm³/mol. The number of allylic oxidation sites excluding steroid dienone is 2. The molecule has 1 amide bonds. The Hall–Kier alpha value is -3.79. The minimum absolute atomic E-state index is 0.117. The number of hydrogen-bond donors (Lipinski definition) is 1. The maximum Gasteiger partial charge on any atom is 0.242 e. The Balaban J connectivity index is 0.000000308. The molecule has 10 heteroatoms. The number of amidine groups is 1. The first-order valence-electron chi connectivity index (χ1n) is 12.0. The minimum atomic E-state index is -1.52. The monoisotopic (exact) mass is 492 g/mol. The molecule has 1 spiro atoms. The van der Waals surface area contributed by atoms with Gasteiger partial charge in [-0.2, -0.15) is 10.5 Å². The average Bonchev–Trinajstić information content (AvgIpc) is 3.25. The number of nitrogens with one attached hydrogen (secondary N) is 1. The Kier molecular flexibility index (Phi) is 8.09. The smallest absolute Gasteiger partial charge is 0.242 e. The summed E-state index contributed by atoms with van der Waals surface area (Å²) in [5.41, 5.74) is 0.387. The van der Waals surface area contributed by atoms with Crippen LogP contribution in [0.2, 0.25) is 0 Å². The van der Waals surface area contributed by atoms with Crippen molar-refractivity contribution in [1.82, 2.24) is 15.3 Å². The number of aromatic nitrogens is 2. The maximum atomic E-state index is 12.0. The van der Waals surface area contributed by atoms with E-state index in [0.717, 1.165) is 43.4 Å². The Labute approximate surface area is 212 Å². The largest absolute Gasteiger partial charge is 0.358 e. The van der Waals surface area contributed by atoms with Gasteiger partial charge in [0.05, 0.1) is 17.7 Å². The van der Waals surface area contributed by atoms with Crippen LogP contribution in [0.3, 0.4) is 0 Å². The zero-order chi connectivity index (χ0) is 26.5. The number of carbonyl (C=O) groups is 1. The van der Waals surface area contributed by atoms with Crippen LogP contribution < -0.4 is 15.1 Å². The highest BCUT2D eigenvalue weighted by Gasteiger charge is 2.51. The van der Waals surface area contributed by atoms with Crippen molar-refractivity contribution < 1.29 is 9.18 Å². The molecule has 4 rings (SSSR count). The molecule has 2 aliphatic heterocycles.